The maximum absolute atomic E-state index is 6.17. The van der Waals surface area contributed by atoms with E-state index in [1.165, 1.54) is 25.7 Å². The Morgan fingerprint density at radius 3 is 2.67 bits per heavy atom. The van der Waals surface area contributed by atoms with E-state index >= 15 is 0 Å². The van der Waals surface area contributed by atoms with Gasteiger partial charge in [-0.3, -0.25) is 0 Å². The minimum atomic E-state index is 0. The first-order valence-electron chi connectivity index (χ1n) is 8.59. The molecule has 0 radical (unpaired) electrons. The molecular formula is C18H30IN3O2. The lowest BCUT2D eigenvalue weighted by molar-refractivity contribution is 0.203. The van der Waals surface area contributed by atoms with Gasteiger partial charge in [0, 0.05) is 25.8 Å². The summed E-state index contributed by atoms with van der Waals surface area (Å²) in [6.07, 6.45) is 5.25. The zero-order chi connectivity index (χ0) is 16.3. The monoisotopic (exact) mass is 447 g/mol. The molecule has 0 amide bonds. The lowest BCUT2D eigenvalue weighted by Crippen LogP contribution is -2.38. The van der Waals surface area contributed by atoms with E-state index in [0.29, 0.717) is 19.3 Å². The van der Waals surface area contributed by atoms with E-state index in [1.807, 2.05) is 12.1 Å². The standard InChI is InChI=1S/C18H29N3O2.HI/c1-3-19-18(20-12-13-22-2)21-14-15-8-4-7-11-17(15)23-16-9-5-6-10-16;/h4,7-8,11,16H,3,5-6,9-10,12-14H2,1-2H3,(H2,19,20,21);1H. The Kier molecular flexibility index (Phi) is 10.8. The minimum absolute atomic E-state index is 0. The van der Waals surface area contributed by atoms with Crippen LogP contribution in [0.3, 0.4) is 0 Å². The molecule has 0 unspecified atom stereocenters. The van der Waals surface area contributed by atoms with Crippen LogP contribution < -0.4 is 15.4 Å². The number of methoxy groups -OCH3 is 1. The third-order valence-electron chi connectivity index (χ3n) is 3.92. The maximum Gasteiger partial charge on any atom is 0.191 e. The van der Waals surface area contributed by atoms with Crippen LogP contribution in [0.4, 0.5) is 0 Å². The Labute approximate surface area is 162 Å². The van der Waals surface area contributed by atoms with Gasteiger partial charge in [0.25, 0.3) is 0 Å². The Morgan fingerprint density at radius 2 is 1.96 bits per heavy atom. The van der Waals surface area contributed by atoms with Gasteiger partial charge in [0.1, 0.15) is 5.75 Å². The second kappa shape index (κ2) is 12.4. The second-order valence-corrected chi connectivity index (χ2v) is 5.75. The van der Waals surface area contributed by atoms with Gasteiger partial charge in [0.2, 0.25) is 0 Å². The average molecular weight is 447 g/mol. The quantitative estimate of drug-likeness (QED) is 0.278. The van der Waals surface area contributed by atoms with E-state index < -0.39 is 0 Å². The summed E-state index contributed by atoms with van der Waals surface area (Å²) in [5.74, 6) is 1.77. The molecule has 0 aliphatic heterocycles. The molecule has 0 saturated heterocycles. The second-order valence-electron chi connectivity index (χ2n) is 5.75. The predicted molar refractivity (Wildman–Crippen MR) is 109 cm³/mol. The highest BCUT2D eigenvalue weighted by atomic mass is 127. The summed E-state index contributed by atoms with van der Waals surface area (Å²) in [5.41, 5.74) is 1.13. The molecule has 1 aromatic carbocycles. The number of guanidine groups is 1. The summed E-state index contributed by atoms with van der Waals surface area (Å²) in [6, 6.07) is 8.21. The van der Waals surface area contributed by atoms with Gasteiger partial charge >= 0.3 is 0 Å². The third kappa shape index (κ3) is 7.25. The van der Waals surface area contributed by atoms with Gasteiger partial charge in [-0.2, -0.15) is 0 Å². The van der Waals surface area contributed by atoms with E-state index in [4.69, 9.17) is 9.47 Å². The van der Waals surface area contributed by atoms with Crippen molar-refractivity contribution in [2.24, 2.45) is 4.99 Å². The van der Waals surface area contributed by atoms with Gasteiger partial charge in [0.15, 0.2) is 5.96 Å². The fraction of sp³-hybridized carbons (Fsp3) is 0.611. The Morgan fingerprint density at radius 1 is 1.21 bits per heavy atom. The fourth-order valence-electron chi connectivity index (χ4n) is 2.71. The van der Waals surface area contributed by atoms with Gasteiger partial charge in [-0.25, -0.2) is 4.99 Å². The number of ether oxygens (including phenoxy) is 2. The van der Waals surface area contributed by atoms with Gasteiger partial charge in [-0.1, -0.05) is 18.2 Å². The number of nitrogens with one attached hydrogen (secondary N) is 2. The predicted octanol–water partition coefficient (Wildman–Crippen LogP) is 3.33. The molecule has 24 heavy (non-hydrogen) atoms. The number of hydrogen-bond acceptors (Lipinski definition) is 3. The number of rotatable bonds is 8. The lowest BCUT2D eigenvalue weighted by Gasteiger charge is -2.16. The lowest BCUT2D eigenvalue weighted by atomic mass is 10.2. The number of benzene rings is 1. The van der Waals surface area contributed by atoms with E-state index in [-0.39, 0.29) is 24.0 Å². The van der Waals surface area contributed by atoms with Crippen LogP contribution in [-0.2, 0) is 11.3 Å². The van der Waals surface area contributed by atoms with Crippen LogP contribution >= 0.6 is 24.0 Å². The van der Waals surface area contributed by atoms with Crippen LogP contribution in [0, 0.1) is 0 Å². The molecule has 0 heterocycles. The summed E-state index contributed by atoms with van der Waals surface area (Å²) in [5, 5.41) is 6.50. The molecule has 0 spiro atoms. The third-order valence-corrected chi connectivity index (χ3v) is 3.92. The van der Waals surface area contributed by atoms with Crippen molar-refractivity contribution in [2.45, 2.75) is 45.3 Å². The fourth-order valence-corrected chi connectivity index (χ4v) is 2.71. The molecule has 2 N–H and O–H groups in total. The summed E-state index contributed by atoms with van der Waals surface area (Å²) in [4.78, 5) is 4.65. The van der Waals surface area contributed by atoms with Crippen molar-refractivity contribution in [3.05, 3.63) is 29.8 Å². The minimum Gasteiger partial charge on any atom is -0.490 e. The van der Waals surface area contributed by atoms with Crippen molar-refractivity contribution >= 4 is 29.9 Å². The van der Waals surface area contributed by atoms with Crippen molar-refractivity contribution in [3.63, 3.8) is 0 Å². The van der Waals surface area contributed by atoms with Crippen molar-refractivity contribution in [1.29, 1.82) is 0 Å². The van der Waals surface area contributed by atoms with Gasteiger partial charge < -0.3 is 20.1 Å². The largest absolute Gasteiger partial charge is 0.490 e. The molecule has 1 fully saturated rings. The molecule has 0 aromatic heterocycles. The molecule has 0 atom stereocenters. The van der Waals surface area contributed by atoms with Crippen LogP contribution in [0.2, 0.25) is 0 Å². The first-order valence-corrected chi connectivity index (χ1v) is 8.59. The molecule has 1 aliphatic rings. The molecule has 136 valence electrons. The maximum atomic E-state index is 6.17. The van der Waals surface area contributed by atoms with Crippen molar-refractivity contribution in [3.8, 4) is 5.75 Å². The first kappa shape index (κ1) is 21.0. The number of hydrogen-bond donors (Lipinski definition) is 2. The topological polar surface area (TPSA) is 54.9 Å². The van der Waals surface area contributed by atoms with Gasteiger partial charge in [-0.05, 0) is 38.7 Å². The molecule has 0 bridgehead atoms. The SMILES string of the molecule is CCNC(=NCc1ccccc1OC1CCCC1)NCCOC.I. The van der Waals surface area contributed by atoms with E-state index in [2.05, 4.69) is 34.7 Å². The molecule has 6 heteroatoms. The van der Waals surface area contributed by atoms with Crippen LogP contribution in [0.25, 0.3) is 0 Å². The molecule has 1 saturated carbocycles. The normalized spacial score (nSPS) is 15.0. The van der Waals surface area contributed by atoms with E-state index in [9.17, 15) is 0 Å². The first-order chi connectivity index (χ1) is 11.3. The highest BCUT2D eigenvalue weighted by Gasteiger charge is 2.17. The Hall–Kier alpha value is -1.02. The molecular weight excluding hydrogens is 417 g/mol. The smallest absolute Gasteiger partial charge is 0.191 e. The summed E-state index contributed by atoms with van der Waals surface area (Å²) < 4.78 is 11.2. The number of nitrogens with zero attached hydrogens (tertiary/aromatic N) is 1. The molecule has 5 nitrogen and oxygen atoms in total. The molecule has 1 aliphatic carbocycles. The highest BCUT2D eigenvalue weighted by molar-refractivity contribution is 14.0. The van der Waals surface area contributed by atoms with Crippen molar-refractivity contribution < 1.29 is 9.47 Å². The zero-order valence-corrected chi connectivity index (χ0v) is 17.0. The molecule has 1 aromatic rings. The Bertz CT molecular complexity index is 491. The van der Waals surface area contributed by atoms with Crippen molar-refractivity contribution in [2.75, 3.05) is 26.8 Å². The molecule has 2 rings (SSSR count). The zero-order valence-electron chi connectivity index (χ0n) is 14.7. The van der Waals surface area contributed by atoms with E-state index in [1.54, 1.807) is 7.11 Å². The van der Waals surface area contributed by atoms with Crippen molar-refractivity contribution in [1.82, 2.24) is 10.6 Å². The number of para-hydroxylation sites is 1. The van der Waals surface area contributed by atoms with Gasteiger partial charge in [0.05, 0.1) is 19.3 Å². The van der Waals surface area contributed by atoms with Crippen LogP contribution in [0.5, 0.6) is 5.75 Å². The Balaban J connectivity index is 0.00000288. The summed E-state index contributed by atoms with van der Waals surface area (Å²) in [6.45, 7) is 4.89. The van der Waals surface area contributed by atoms with Gasteiger partial charge in [-0.15, -0.1) is 24.0 Å². The highest BCUT2D eigenvalue weighted by Crippen LogP contribution is 2.26. The van der Waals surface area contributed by atoms with E-state index in [0.717, 1.165) is 30.4 Å². The van der Waals surface area contributed by atoms with Crippen LogP contribution in [0.15, 0.2) is 29.3 Å². The van der Waals surface area contributed by atoms with Crippen LogP contribution in [-0.4, -0.2) is 38.9 Å². The average Bonchev–Trinajstić information content (AvgIpc) is 3.07. The summed E-state index contributed by atoms with van der Waals surface area (Å²) in [7, 11) is 1.70. The summed E-state index contributed by atoms with van der Waals surface area (Å²) >= 11 is 0. The number of halogens is 1. The van der Waals surface area contributed by atoms with Crippen LogP contribution in [0.1, 0.15) is 38.2 Å². The number of aliphatic imine (C=N–C) groups is 1.